The van der Waals surface area contributed by atoms with Gasteiger partial charge in [-0.2, -0.15) is 8.42 Å². The number of sulfonamides is 1. The van der Waals surface area contributed by atoms with Gasteiger partial charge in [-0.1, -0.05) is 0 Å². The lowest BCUT2D eigenvalue weighted by Crippen LogP contribution is -2.12. The number of aromatic nitrogens is 2. The lowest BCUT2D eigenvalue weighted by atomic mass is 10.8. The van der Waals surface area contributed by atoms with E-state index in [-0.39, 0.29) is 0 Å². The maximum Gasteiger partial charge on any atom is 0.403 e. The first-order valence-corrected chi connectivity index (χ1v) is 5.82. The van der Waals surface area contributed by atoms with Crippen LogP contribution in [0, 0.1) is 10.1 Å². The molecule has 0 bridgehead atoms. The summed E-state index contributed by atoms with van der Waals surface area (Å²) in [6.45, 7) is 0. The van der Waals surface area contributed by atoms with Crippen LogP contribution in [0.4, 0.5) is 5.82 Å². The third-order valence-electron chi connectivity index (χ3n) is 1.70. The van der Waals surface area contributed by atoms with Gasteiger partial charge in [0.25, 0.3) is 5.03 Å². The predicted octanol–water partition coefficient (Wildman–Crippen LogP) is -0.393. The molecular formula is C7H11N5O4S. The van der Waals surface area contributed by atoms with Crippen LogP contribution in [0.3, 0.4) is 0 Å². The van der Waals surface area contributed by atoms with Crippen LogP contribution >= 0.6 is 0 Å². The molecule has 0 aromatic carbocycles. The normalized spacial score (nSPS) is 11.9. The lowest BCUT2D eigenvalue weighted by molar-refractivity contribution is -0.392. The van der Waals surface area contributed by atoms with Crippen LogP contribution in [0.2, 0.25) is 0 Å². The van der Waals surface area contributed by atoms with E-state index in [1.807, 2.05) is 0 Å². The first-order chi connectivity index (χ1) is 7.75. The van der Waals surface area contributed by atoms with Gasteiger partial charge in [-0.05, 0) is 9.91 Å². The molecule has 1 aromatic heterocycles. The van der Waals surface area contributed by atoms with Crippen LogP contribution in [0.25, 0.3) is 0 Å². The van der Waals surface area contributed by atoms with E-state index in [1.54, 1.807) is 14.1 Å². The molecule has 1 heterocycles. The minimum Gasteiger partial charge on any atom is -0.368 e. The van der Waals surface area contributed by atoms with Gasteiger partial charge in [0.2, 0.25) is 6.33 Å². The highest BCUT2D eigenvalue weighted by molar-refractivity contribution is 7.90. The zero-order valence-corrected chi connectivity index (χ0v) is 10.2. The van der Waals surface area contributed by atoms with Gasteiger partial charge in [-0.3, -0.25) is 4.57 Å². The van der Waals surface area contributed by atoms with Crippen molar-refractivity contribution in [3.63, 3.8) is 0 Å². The van der Waals surface area contributed by atoms with Crippen molar-refractivity contribution < 1.29 is 13.3 Å². The molecular weight excluding hydrogens is 250 g/mol. The Hall–Kier alpha value is -1.97. The fraction of sp³-hybridized carbons (Fsp3) is 0.429. The number of rotatable bonds is 4. The Bertz CT molecular complexity index is 559. The zero-order chi connectivity index (χ0) is 13.2. The molecule has 1 rings (SSSR count). The summed E-state index contributed by atoms with van der Waals surface area (Å²) in [7, 11) is 0.374. The Morgan fingerprint density at radius 2 is 2.18 bits per heavy atom. The second kappa shape index (κ2) is 4.49. The molecule has 0 aliphatic heterocycles. The maximum atomic E-state index is 11.8. The van der Waals surface area contributed by atoms with E-state index in [9.17, 15) is 18.5 Å². The molecule has 17 heavy (non-hydrogen) atoms. The lowest BCUT2D eigenvalue weighted by Gasteiger charge is -2.03. The summed E-state index contributed by atoms with van der Waals surface area (Å²) in [5.41, 5.74) is 0. The van der Waals surface area contributed by atoms with Gasteiger partial charge in [0, 0.05) is 21.1 Å². The average Bonchev–Trinajstić information content (AvgIpc) is 2.58. The van der Waals surface area contributed by atoms with Crippen molar-refractivity contribution >= 4 is 22.2 Å². The monoisotopic (exact) mass is 261 g/mol. The molecule has 94 valence electrons. The van der Waals surface area contributed by atoms with Crippen molar-refractivity contribution in [2.45, 2.75) is 5.03 Å². The topological polar surface area (TPSA) is 111 Å². The van der Waals surface area contributed by atoms with E-state index in [4.69, 9.17) is 0 Å². The molecule has 0 aliphatic carbocycles. The summed E-state index contributed by atoms with van der Waals surface area (Å²) in [6, 6.07) is 0. The third kappa shape index (κ3) is 2.78. The van der Waals surface area contributed by atoms with Crippen LogP contribution in [-0.4, -0.2) is 48.2 Å². The summed E-state index contributed by atoms with van der Waals surface area (Å²) in [4.78, 5) is 14.6. The number of aryl methyl sites for hydroxylation is 1. The average molecular weight is 261 g/mol. The van der Waals surface area contributed by atoms with Gasteiger partial charge in [0.1, 0.15) is 6.34 Å². The van der Waals surface area contributed by atoms with E-state index < -0.39 is 25.8 Å². The van der Waals surface area contributed by atoms with Crippen LogP contribution in [-0.2, 0) is 17.1 Å². The highest BCUT2D eigenvalue weighted by Gasteiger charge is 2.31. The Morgan fingerprint density at radius 3 is 2.65 bits per heavy atom. The van der Waals surface area contributed by atoms with E-state index in [2.05, 4.69) is 9.38 Å². The molecule has 0 aliphatic rings. The van der Waals surface area contributed by atoms with Crippen molar-refractivity contribution in [1.29, 1.82) is 0 Å². The SMILES string of the molecule is CN(C)/C=N/S(=O)(=O)c1c([N+](=O)[O-])ncn1C. The van der Waals surface area contributed by atoms with E-state index >= 15 is 0 Å². The first kappa shape index (κ1) is 13.1. The largest absolute Gasteiger partial charge is 0.403 e. The Kier molecular flexibility index (Phi) is 3.46. The van der Waals surface area contributed by atoms with Crippen LogP contribution in [0.1, 0.15) is 0 Å². The summed E-state index contributed by atoms with van der Waals surface area (Å²) in [5.74, 6) is -0.733. The molecule has 1 aromatic rings. The van der Waals surface area contributed by atoms with Crippen LogP contribution in [0.15, 0.2) is 15.8 Å². The summed E-state index contributed by atoms with van der Waals surface area (Å²) in [5, 5.41) is 10.1. The standard InChI is InChI=1S/C7H11N5O4S/c1-10(2)5-9-17(15,16)7-6(12(13)14)8-4-11(7)3/h4-5H,1-3H3/b9-5+. The van der Waals surface area contributed by atoms with E-state index in [1.165, 1.54) is 11.9 Å². The minimum atomic E-state index is -4.13. The molecule has 9 nitrogen and oxygen atoms in total. The van der Waals surface area contributed by atoms with Crippen molar-refractivity contribution in [1.82, 2.24) is 14.5 Å². The summed E-state index contributed by atoms with van der Waals surface area (Å²) in [6.07, 6.45) is 2.10. The van der Waals surface area contributed by atoms with Crippen molar-refractivity contribution in [3.8, 4) is 0 Å². The second-order valence-electron chi connectivity index (χ2n) is 3.40. The van der Waals surface area contributed by atoms with Crippen LogP contribution in [0.5, 0.6) is 0 Å². The molecule has 0 saturated carbocycles. The third-order valence-corrected chi connectivity index (χ3v) is 3.03. The molecule has 0 fully saturated rings. The summed E-state index contributed by atoms with van der Waals surface area (Å²) < 4.78 is 27.9. The van der Waals surface area contributed by atoms with Gasteiger partial charge >= 0.3 is 15.8 Å². The predicted molar refractivity (Wildman–Crippen MR) is 59.2 cm³/mol. The van der Waals surface area contributed by atoms with Crippen molar-refractivity contribution in [2.75, 3.05) is 14.1 Å². The highest BCUT2D eigenvalue weighted by Crippen LogP contribution is 2.22. The highest BCUT2D eigenvalue weighted by atomic mass is 32.2. The number of hydrogen-bond acceptors (Lipinski definition) is 5. The Morgan fingerprint density at radius 1 is 1.59 bits per heavy atom. The fourth-order valence-electron chi connectivity index (χ4n) is 1.04. The minimum absolute atomic E-state index is 0.541. The van der Waals surface area contributed by atoms with Crippen molar-refractivity contribution in [3.05, 3.63) is 16.4 Å². The molecule has 0 N–H and O–H groups in total. The number of hydrogen-bond donors (Lipinski definition) is 0. The first-order valence-electron chi connectivity index (χ1n) is 4.38. The number of imidazole rings is 1. The Balaban J connectivity index is 3.33. The second-order valence-corrected chi connectivity index (χ2v) is 4.95. The van der Waals surface area contributed by atoms with Gasteiger partial charge in [-0.25, -0.2) is 0 Å². The number of nitro groups is 1. The molecule has 10 heteroatoms. The molecule has 0 atom stereocenters. The fourth-order valence-corrected chi connectivity index (χ4v) is 2.22. The molecule has 0 saturated heterocycles. The smallest absolute Gasteiger partial charge is 0.368 e. The Labute approximate surface area is 97.6 Å². The van der Waals surface area contributed by atoms with Crippen molar-refractivity contribution in [2.24, 2.45) is 11.4 Å². The van der Waals surface area contributed by atoms with Gasteiger partial charge < -0.3 is 15.0 Å². The molecule has 0 amide bonds. The molecule has 0 radical (unpaired) electrons. The maximum absolute atomic E-state index is 11.8. The summed E-state index contributed by atoms with van der Waals surface area (Å²) >= 11 is 0. The molecule has 0 spiro atoms. The number of nitrogens with zero attached hydrogens (tertiary/aromatic N) is 5. The van der Waals surface area contributed by atoms with Gasteiger partial charge in [-0.15, -0.1) is 4.40 Å². The van der Waals surface area contributed by atoms with Gasteiger partial charge in [0.05, 0.1) is 0 Å². The molecule has 0 unspecified atom stereocenters. The van der Waals surface area contributed by atoms with E-state index in [0.717, 1.165) is 17.2 Å². The quantitative estimate of drug-likeness (QED) is 0.316. The van der Waals surface area contributed by atoms with Crippen LogP contribution < -0.4 is 0 Å². The zero-order valence-electron chi connectivity index (χ0n) is 9.43. The van der Waals surface area contributed by atoms with E-state index in [0.29, 0.717) is 0 Å². The van der Waals surface area contributed by atoms with Gasteiger partial charge in [0.15, 0.2) is 0 Å².